The first-order valence-electron chi connectivity index (χ1n) is 5.85. The van der Waals surface area contributed by atoms with E-state index < -0.39 is 5.97 Å². The van der Waals surface area contributed by atoms with Crippen molar-refractivity contribution in [3.63, 3.8) is 0 Å². The summed E-state index contributed by atoms with van der Waals surface area (Å²) in [5.74, 6) is 0.819. The molecule has 1 heterocycles. The molecule has 18 heavy (non-hydrogen) atoms. The summed E-state index contributed by atoms with van der Waals surface area (Å²) in [5.41, 5.74) is 0.994. The highest BCUT2D eigenvalue weighted by atomic mass is 16.4. The van der Waals surface area contributed by atoms with Crippen LogP contribution >= 0.6 is 0 Å². The lowest BCUT2D eigenvalue weighted by atomic mass is 10.2. The lowest BCUT2D eigenvalue weighted by molar-refractivity contribution is -0.137. The third-order valence-corrected chi connectivity index (χ3v) is 2.74. The Morgan fingerprint density at radius 2 is 2.00 bits per heavy atom. The van der Waals surface area contributed by atoms with E-state index in [9.17, 15) is 4.79 Å². The molecular weight excluding hydrogens is 230 g/mol. The largest absolute Gasteiger partial charge is 0.481 e. The van der Waals surface area contributed by atoms with Crippen LogP contribution < -0.4 is 0 Å². The topological polar surface area (TPSA) is 68.0 Å². The standard InChI is InChI=1S/C13H15N3O2/c1-10-14-15-13(11-6-3-2-4-7-11)16(10)9-5-8-12(17)18/h2-4,6-7H,5,8-9H2,1H3,(H,17,18). The second-order valence-corrected chi connectivity index (χ2v) is 4.09. The van der Waals surface area contributed by atoms with Gasteiger partial charge in [-0.05, 0) is 13.3 Å². The van der Waals surface area contributed by atoms with Crippen LogP contribution in [-0.4, -0.2) is 25.8 Å². The summed E-state index contributed by atoms with van der Waals surface area (Å²) in [6.45, 7) is 2.50. The SMILES string of the molecule is Cc1nnc(-c2ccccc2)n1CCCC(=O)O. The van der Waals surface area contributed by atoms with Gasteiger partial charge in [-0.1, -0.05) is 30.3 Å². The zero-order valence-corrected chi connectivity index (χ0v) is 10.2. The summed E-state index contributed by atoms with van der Waals surface area (Å²) in [7, 11) is 0. The second-order valence-electron chi connectivity index (χ2n) is 4.09. The molecule has 0 bridgehead atoms. The van der Waals surface area contributed by atoms with E-state index in [0.717, 1.165) is 17.2 Å². The van der Waals surface area contributed by atoms with Crippen LogP contribution in [0.5, 0.6) is 0 Å². The van der Waals surface area contributed by atoms with Crippen molar-refractivity contribution >= 4 is 5.97 Å². The van der Waals surface area contributed by atoms with Crippen LogP contribution in [0, 0.1) is 6.92 Å². The van der Waals surface area contributed by atoms with Crippen LogP contribution in [0.15, 0.2) is 30.3 Å². The fraction of sp³-hybridized carbons (Fsp3) is 0.308. The van der Waals surface area contributed by atoms with E-state index in [1.807, 2.05) is 41.8 Å². The Morgan fingerprint density at radius 1 is 1.28 bits per heavy atom. The van der Waals surface area contributed by atoms with Gasteiger partial charge in [-0.25, -0.2) is 0 Å². The van der Waals surface area contributed by atoms with Crippen LogP contribution in [0.25, 0.3) is 11.4 Å². The maximum atomic E-state index is 10.5. The van der Waals surface area contributed by atoms with Crippen molar-refractivity contribution in [2.24, 2.45) is 0 Å². The van der Waals surface area contributed by atoms with Crippen LogP contribution in [0.2, 0.25) is 0 Å². The van der Waals surface area contributed by atoms with Gasteiger partial charge in [0.15, 0.2) is 5.82 Å². The average Bonchev–Trinajstić information content (AvgIpc) is 2.72. The fourth-order valence-corrected chi connectivity index (χ4v) is 1.84. The lowest BCUT2D eigenvalue weighted by Crippen LogP contribution is -2.05. The molecule has 0 atom stereocenters. The zero-order chi connectivity index (χ0) is 13.0. The molecule has 0 aliphatic rings. The molecule has 0 spiro atoms. The monoisotopic (exact) mass is 245 g/mol. The quantitative estimate of drug-likeness (QED) is 0.876. The smallest absolute Gasteiger partial charge is 0.303 e. The zero-order valence-electron chi connectivity index (χ0n) is 10.2. The van der Waals surface area contributed by atoms with Gasteiger partial charge in [-0.15, -0.1) is 10.2 Å². The second kappa shape index (κ2) is 5.44. The van der Waals surface area contributed by atoms with Gasteiger partial charge in [-0.2, -0.15) is 0 Å². The molecule has 1 aromatic carbocycles. The normalized spacial score (nSPS) is 10.5. The summed E-state index contributed by atoms with van der Waals surface area (Å²) in [6.07, 6.45) is 0.736. The van der Waals surface area contributed by atoms with Crippen LogP contribution in [0.1, 0.15) is 18.7 Å². The molecule has 0 aliphatic carbocycles. The van der Waals surface area contributed by atoms with Crippen molar-refractivity contribution in [2.75, 3.05) is 0 Å². The number of carboxylic acids is 1. The first kappa shape index (κ1) is 12.3. The Bertz CT molecular complexity index is 534. The predicted molar refractivity (Wildman–Crippen MR) is 67.1 cm³/mol. The maximum absolute atomic E-state index is 10.5. The van der Waals surface area contributed by atoms with Gasteiger partial charge < -0.3 is 9.67 Å². The number of carbonyl (C=O) groups is 1. The Labute approximate surface area is 105 Å². The van der Waals surface area contributed by atoms with Crippen LogP contribution in [0.4, 0.5) is 0 Å². The molecule has 0 aliphatic heterocycles. The molecular formula is C13H15N3O2. The van der Waals surface area contributed by atoms with Crippen molar-refractivity contribution in [3.05, 3.63) is 36.2 Å². The average molecular weight is 245 g/mol. The van der Waals surface area contributed by atoms with Crippen LogP contribution in [0.3, 0.4) is 0 Å². The van der Waals surface area contributed by atoms with Gasteiger partial charge in [-0.3, -0.25) is 4.79 Å². The molecule has 0 amide bonds. The summed E-state index contributed by atoms with van der Waals surface area (Å²) in [5, 5.41) is 16.9. The molecule has 2 aromatic rings. The third kappa shape index (κ3) is 2.74. The van der Waals surface area contributed by atoms with Crippen molar-refractivity contribution in [3.8, 4) is 11.4 Å². The van der Waals surface area contributed by atoms with E-state index in [2.05, 4.69) is 10.2 Å². The maximum Gasteiger partial charge on any atom is 0.303 e. The van der Waals surface area contributed by atoms with E-state index in [0.29, 0.717) is 13.0 Å². The van der Waals surface area contributed by atoms with Gasteiger partial charge in [0.1, 0.15) is 5.82 Å². The Balaban J connectivity index is 2.20. The van der Waals surface area contributed by atoms with E-state index in [1.54, 1.807) is 0 Å². The van der Waals surface area contributed by atoms with Crippen molar-refractivity contribution in [1.29, 1.82) is 0 Å². The molecule has 0 saturated heterocycles. The molecule has 0 radical (unpaired) electrons. The molecule has 0 fully saturated rings. The van der Waals surface area contributed by atoms with Gasteiger partial charge in [0.25, 0.3) is 0 Å². The van der Waals surface area contributed by atoms with Crippen molar-refractivity contribution in [2.45, 2.75) is 26.3 Å². The number of rotatable bonds is 5. The molecule has 5 heteroatoms. The summed E-state index contributed by atoms with van der Waals surface area (Å²) >= 11 is 0. The van der Waals surface area contributed by atoms with E-state index in [4.69, 9.17) is 5.11 Å². The van der Waals surface area contributed by atoms with Crippen molar-refractivity contribution in [1.82, 2.24) is 14.8 Å². The van der Waals surface area contributed by atoms with Crippen LogP contribution in [-0.2, 0) is 11.3 Å². The van der Waals surface area contributed by atoms with Gasteiger partial charge in [0.2, 0.25) is 0 Å². The summed E-state index contributed by atoms with van der Waals surface area (Å²) in [6, 6.07) is 9.78. The molecule has 94 valence electrons. The van der Waals surface area contributed by atoms with Crippen molar-refractivity contribution < 1.29 is 9.90 Å². The number of carboxylic acid groups (broad SMARTS) is 1. The third-order valence-electron chi connectivity index (χ3n) is 2.74. The Morgan fingerprint density at radius 3 is 2.67 bits per heavy atom. The van der Waals surface area contributed by atoms with Gasteiger partial charge in [0.05, 0.1) is 0 Å². The number of hydrogen-bond acceptors (Lipinski definition) is 3. The molecule has 5 nitrogen and oxygen atoms in total. The minimum Gasteiger partial charge on any atom is -0.481 e. The minimum atomic E-state index is -0.776. The number of benzene rings is 1. The van der Waals surface area contributed by atoms with Gasteiger partial charge >= 0.3 is 5.97 Å². The first-order chi connectivity index (χ1) is 8.68. The minimum absolute atomic E-state index is 0.159. The highest BCUT2D eigenvalue weighted by molar-refractivity contribution is 5.66. The molecule has 0 saturated carbocycles. The number of aryl methyl sites for hydroxylation is 1. The number of aliphatic carboxylic acids is 1. The highest BCUT2D eigenvalue weighted by Gasteiger charge is 2.10. The van der Waals surface area contributed by atoms with E-state index in [-0.39, 0.29) is 6.42 Å². The predicted octanol–water partition coefficient (Wildman–Crippen LogP) is 2.12. The van der Waals surface area contributed by atoms with E-state index in [1.165, 1.54) is 0 Å². The summed E-state index contributed by atoms with van der Waals surface area (Å²) in [4.78, 5) is 10.5. The summed E-state index contributed by atoms with van der Waals surface area (Å²) < 4.78 is 1.96. The Hall–Kier alpha value is -2.17. The number of aromatic nitrogens is 3. The lowest BCUT2D eigenvalue weighted by Gasteiger charge is -2.07. The molecule has 2 rings (SSSR count). The molecule has 1 N–H and O–H groups in total. The van der Waals surface area contributed by atoms with E-state index >= 15 is 0 Å². The number of hydrogen-bond donors (Lipinski definition) is 1. The first-order valence-corrected chi connectivity index (χ1v) is 5.85. The molecule has 1 aromatic heterocycles. The molecule has 0 unspecified atom stereocenters. The number of nitrogens with zero attached hydrogens (tertiary/aromatic N) is 3. The fourth-order valence-electron chi connectivity index (χ4n) is 1.84. The highest BCUT2D eigenvalue weighted by Crippen LogP contribution is 2.18. The van der Waals surface area contributed by atoms with Gasteiger partial charge in [0, 0.05) is 18.5 Å². The Kier molecular flexibility index (Phi) is 3.72.